The third-order valence-corrected chi connectivity index (χ3v) is 4.60. The molecular formula is C20H19FN4O2. The molecule has 1 aromatic heterocycles. The minimum absolute atomic E-state index is 0.0144. The van der Waals surface area contributed by atoms with Gasteiger partial charge >= 0.3 is 0 Å². The van der Waals surface area contributed by atoms with Gasteiger partial charge in [0.2, 0.25) is 0 Å². The third kappa shape index (κ3) is 3.81. The molecule has 1 amide bonds. The monoisotopic (exact) mass is 366 g/mol. The van der Waals surface area contributed by atoms with Crippen LogP contribution in [0.15, 0.2) is 54.6 Å². The molecule has 0 saturated carbocycles. The molecule has 0 unspecified atom stereocenters. The van der Waals surface area contributed by atoms with Gasteiger partial charge in [-0.05, 0) is 49.2 Å². The van der Waals surface area contributed by atoms with E-state index in [1.807, 2.05) is 30.3 Å². The minimum Gasteiger partial charge on any atom is -0.484 e. The first-order valence-corrected chi connectivity index (χ1v) is 8.86. The molecule has 1 atom stereocenters. The van der Waals surface area contributed by atoms with E-state index in [-0.39, 0.29) is 24.4 Å². The molecule has 1 N–H and O–H groups in total. The molecule has 2 aromatic carbocycles. The van der Waals surface area contributed by atoms with Crippen LogP contribution >= 0.6 is 0 Å². The van der Waals surface area contributed by atoms with Gasteiger partial charge in [0.05, 0.1) is 6.04 Å². The summed E-state index contributed by atoms with van der Waals surface area (Å²) in [6.45, 7) is 0.647. The molecule has 0 bridgehead atoms. The predicted molar refractivity (Wildman–Crippen MR) is 97.4 cm³/mol. The van der Waals surface area contributed by atoms with E-state index in [2.05, 4.69) is 15.2 Å². The predicted octanol–water partition coefficient (Wildman–Crippen LogP) is 3.35. The van der Waals surface area contributed by atoms with Crippen LogP contribution in [0.2, 0.25) is 0 Å². The molecule has 6 nitrogen and oxygen atoms in total. The Kier molecular flexibility index (Phi) is 4.82. The highest BCUT2D eigenvalue weighted by Crippen LogP contribution is 2.31. The molecule has 7 heteroatoms. The van der Waals surface area contributed by atoms with Crippen molar-refractivity contribution < 1.29 is 13.9 Å². The molecule has 1 aliphatic rings. The van der Waals surface area contributed by atoms with Gasteiger partial charge < -0.3 is 9.64 Å². The highest BCUT2D eigenvalue weighted by atomic mass is 19.1. The Labute approximate surface area is 156 Å². The Morgan fingerprint density at radius 3 is 2.74 bits per heavy atom. The average Bonchev–Trinajstić information content (AvgIpc) is 3.37. The number of H-pyrrole nitrogens is 1. The number of nitrogens with one attached hydrogen (secondary N) is 1. The molecule has 27 heavy (non-hydrogen) atoms. The molecule has 3 aromatic rings. The zero-order valence-electron chi connectivity index (χ0n) is 14.6. The lowest BCUT2D eigenvalue weighted by molar-refractivity contribution is -0.134. The number of halogens is 1. The number of carbonyl (C=O) groups excluding carboxylic acids is 1. The zero-order valence-corrected chi connectivity index (χ0v) is 14.6. The Bertz CT molecular complexity index is 911. The fraction of sp³-hybridized carbons (Fsp3) is 0.250. The smallest absolute Gasteiger partial charge is 0.261 e. The molecule has 2 heterocycles. The molecule has 4 rings (SSSR count). The number of aromatic amines is 1. The van der Waals surface area contributed by atoms with Crippen LogP contribution in [0.5, 0.6) is 5.75 Å². The second-order valence-electron chi connectivity index (χ2n) is 6.40. The average molecular weight is 366 g/mol. The number of carbonyl (C=O) groups is 1. The zero-order chi connectivity index (χ0) is 18.6. The Morgan fingerprint density at radius 1 is 1.19 bits per heavy atom. The standard InChI is InChI=1S/C20H19FN4O2/c21-15-10-8-14(9-11-15)19-22-20(24-23-19)17-7-4-12-25(17)18(26)13-27-16-5-2-1-3-6-16/h1-3,5-6,8-11,17H,4,7,12-13H2,(H,22,23,24)/t17-/m0/s1. The maximum absolute atomic E-state index is 13.1. The van der Waals surface area contributed by atoms with Crippen LogP contribution in [0.4, 0.5) is 4.39 Å². The summed E-state index contributed by atoms with van der Waals surface area (Å²) in [6, 6.07) is 15.1. The Morgan fingerprint density at radius 2 is 1.96 bits per heavy atom. The van der Waals surface area contributed by atoms with Gasteiger partial charge in [0, 0.05) is 12.1 Å². The van der Waals surface area contributed by atoms with Gasteiger partial charge in [0.15, 0.2) is 12.4 Å². The van der Waals surface area contributed by atoms with Crippen LogP contribution in [0.1, 0.15) is 24.7 Å². The van der Waals surface area contributed by atoms with Crippen molar-refractivity contribution in [3.8, 4) is 17.1 Å². The van der Waals surface area contributed by atoms with Gasteiger partial charge in [-0.3, -0.25) is 9.89 Å². The van der Waals surface area contributed by atoms with Gasteiger partial charge in [-0.2, -0.15) is 5.10 Å². The van der Waals surface area contributed by atoms with E-state index in [1.54, 1.807) is 17.0 Å². The fourth-order valence-electron chi connectivity index (χ4n) is 3.25. The number of amides is 1. The largest absolute Gasteiger partial charge is 0.484 e. The lowest BCUT2D eigenvalue weighted by Crippen LogP contribution is -2.34. The van der Waals surface area contributed by atoms with Crippen LogP contribution in [0.3, 0.4) is 0 Å². The number of aromatic nitrogens is 3. The van der Waals surface area contributed by atoms with Crippen molar-refractivity contribution in [2.24, 2.45) is 0 Å². The van der Waals surface area contributed by atoms with Gasteiger partial charge in [-0.1, -0.05) is 18.2 Å². The number of hydrogen-bond donors (Lipinski definition) is 1. The summed E-state index contributed by atoms with van der Waals surface area (Å²) in [5.74, 6) is 1.41. The van der Waals surface area contributed by atoms with E-state index in [1.165, 1.54) is 12.1 Å². The van der Waals surface area contributed by atoms with Crippen LogP contribution in [0.25, 0.3) is 11.4 Å². The Hall–Kier alpha value is -3.22. The van der Waals surface area contributed by atoms with Crippen molar-refractivity contribution in [2.75, 3.05) is 13.2 Å². The van der Waals surface area contributed by atoms with Crippen molar-refractivity contribution in [3.63, 3.8) is 0 Å². The quantitative estimate of drug-likeness (QED) is 0.752. The number of benzene rings is 2. The fourth-order valence-corrected chi connectivity index (χ4v) is 3.25. The summed E-state index contributed by atoms with van der Waals surface area (Å²) >= 11 is 0. The number of likely N-dealkylation sites (tertiary alicyclic amines) is 1. The van der Waals surface area contributed by atoms with E-state index < -0.39 is 0 Å². The van der Waals surface area contributed by atoms with Crippen LogP contribution in [-0.2, 0) is 4.79 Å². The second-order valence-corrected chi connectivity index (χ2v) is 6.40. The minimum atomic E-state index is -0.305. The summed E-state index contributed by atoms with van der Waals surface area (Å²) in [5.41, 5.74) is 0.724. The number of ether oxygens (including phenoxy) is 1. The van der Waals surface area contributed by atoms with E-state index in [0.29, 0.717) is 23.9 Å². The first-order chi connectivity index (χ1) is 13.2. The van der Waals surface area contributed by atoms with Crippen molar-refractivity contribution in [3.05, 3.63) is 66.2 Å². The van der Waals surface area contributed by atoms with Gasteiger partial charge in [0.1, 0.15) is 17.4 Å². The number of para-hydroxylation sites is 1. The summed E-state index contributed by atoms with van der Waals surface area (Å²) in [6.07, 6.45) is 1.71. The molecule has 0 spiro atoms. The van der Waals surface area contributed by atoms with E-state index in [9.17, 15) is 9.18 Å². The molecular weight excluding hydrogens is 347 g/mol. The summed E-state index contributed by atoms with van der Waals surface area (Å²) in [5, 5.41) is 7.15. The maximum atomic E-state index is 13.1. The maximum Gasteiger partial charge on any atom is 0.261 e. The van der Waals surface area contributed by atoms with E-state index in [4.69, 9.17) is 4.74 Å². The van der Waals surface area contributed by atoms with E-state index >= 15 is 0 Å². The second kappa shape index (κ2) is 7.57. The molecule has 1 saturated heterocycles. The summed E-state index contributed by atoms with van der Waals surface area (Å²) in [4.78, 5) is 18.9. The normalized spacial score (nSPS) is 16.5. The van der Waals surface area contributed by atoms with Gasteiger partial charge in [0.25, 0.3) is 5.91 Å². The molecule has 138 valence electrons. The molecule has 0 radical (unpaired) electrons. The van der Waals surface area contributed by atoms with Gasteiger partial charge in [-0.25, -0.2) is 9.37 Å². The number of nitrogens with zero attached hydrogens (tertiary/aromatic N) is 3. The van der Waals surface area contributed by atoms with Crippen molar-refractivity contribution in [1.29, 1.82) is 0 Å². The molecule has 1 fully saturated rings. The molecule has 1 aliphatic heterocycles. The Balaban J connectivity index is 1.45. The van der Waals surface area contributed by atoms with Crippen LogP contribution < -0.4 is 4.74 Å². The van der Waals surface area contributed by atoms with Crippen molar-refractivity contribution >= 4 is 5.91 Å². The van der Waals surface area contributed by atoms with Crippen molar-refractivity contribution in [1.82, 2.24) is 20.1 Å². The highest BCUT2D eigenvalue weighted by Gasteiger charge is 2.32. The van der Waals surface area contributed by atoms with Crippen LogP contribution in [-0.4, -0.2) is 39.1 Å². The lowest BCUT2D eigenvalue weighted by atomic mass is 10.2. The van der Waals surface area contributed by atoms with Crippen molar-refractivity contribution in [2.45, 2.75) is 18.9 Å². The topological polar surface area (TPSA) is 71.1 Å². The first-order valence-electron chi connectivity index (χ1n) is 8.86. The third-order valence-electron chi connectivity index (χ3n) is 4.60. The summed E-state index contributed by atoms with van der Waals surface area (Å²) in [7, 11) is 0. The number of rotatable bonds is 5. The SMILES string of the molecule is O=C(COc1ccccc1)N1CCC[C@H]1c1nc(-c2ccc(F)cc2)n[nH]1. The lowest BCUT2D eigenvalue weighted by Gasteiger charge is -2.22. The number of hydrogen-bond acceptors (Lipinski definition) is 4. The van der Waals surface area contributed by atoms with Gasteiger partial charge in [-0.15, -0.1) is 0 Å². The van der Waals surface area contributed by atoms with E-state index in [0.717, 1.165) is 18.4 Å². The first kappa shape index (κ1) is 17.2. The van der Waals surface area contributed by atoms with Crippen LogP contribution in [0, 0.1) is 5.82 Å². The highest BCUT2D eigenvalue weighted by molar-refractivity contribution is 5.78. The summed E-state index contributed by atoms with van der Waals surface area (Å²) < 4.78 is 18.7. The molecule has 0 aliphatic carbocycles.